The maximum atomic E-state index is 14.8. The van der Waals surface area contributed by atoms with E-state index in [9.17, 15) is 8.78 Å². The second-order valence-electron chi connectivity index (χ2n) is 5.79. The van der Waals surface area contributed by atoms with Gasteiger partial charge in [-0.3, -0.25) is 4.98 Å². The van der Waals surface area contributed by atoms with Gasteiger partial charge in [0, 0.05) is 35.6 Å². The third kappa shape index (κ3) is 2.98. The first-order valence-corrected chi connectivity index (χ1v) is 7.95. The van der Waals surface area contributed by atoms with Crippen molar-refractivity contribution < 1.29 is 8.78 Å². The number of benzene rings is 1. The third-order valence-electron chi connectivity index (χ3n) is 4.18. The summed E-state index contributed by atoms with van der Waals surface area (Å²) in [4.78, 5) is 3.99. The summed E-state index contributed by atoms with van der Waals surface area (Å²) in [6.45, 7) is 1.26. The zero-order valence-electron chi connectivity index (χ0n) is 13.3. The van der Waals surface area contributed by atoms with Crippen molar-refractivity contribution >= 4 is 6.08 Å². The largest absolute Gasteiger partial charge is 0.366 e. The van der Waals surface area contributed by atoms with E-state index >= 15 is 0 Å². The van der Waals surface area contributed by atoms with Gasteiger partial charge in [0.15, 0.2) is 0 Å². The minimum absolute atomic E-state index is 0.0560. The maximum absolute atomic E-state index is 14.8. The fraction of sp³-hybridized carbons (Fsp3) is 0.105. The summed E-state index contributed by atoms with van der Waals surface area (Å²) in [7, 11) is 0. The van der Waals surface area contributed by atoms with Crippen molar-refractivity contribution in [2.45, 2.75) is 0 Å². The zero-order valence-corrected chi connectivity index (χ0v) is 13.3. The van der Waals surface area contributed by atoms with E-state index in [1.165, 1.54) is 18.2 Å². The van der Waals surface area contributed by atoms with Crippen molar-refractivity contribution in [1.82, 2.24) is 20.9 Å². The highest BCUT2D eigenvalue weighted by atomic mass is 19.1. The normalized spacial score (nSPS) is 16.2. The van der Waals surface area contributed by atoms with E-state index in [0.29, 0.717) is 24.3 Å². The van der Waals surface area contributed by atoms with E-state index in [-0.39, 0.29) is 5.56 Å². The zero-order chi connectivity index (χ0) is 17.2. The first-order chi connectivity index (χ1) is 12.2. The number of pyridine rings is 1. The summed E-state index contributed by atoms with van der Waals surface area (Å²) in [5, 5.41) is 9.56. The highest BCUT2D eigenvalue weighted by Gasteiger charge is 2.16. The second-order valence-corrected chi connectivity index (χ2v) is 5.79. The molecule has 0 saturated carbocycles. The molecule has 4 rings (SSSR count). The number of hydrogen-bond acceptors (Lipinski definition) is 4. The molecular formula is C19H16F2N4. The Kier molecular flexibility index (Phi) is 3.93. The molecule has 25 heavy (non-hydrogen) atoms. The van der Waals surface area contributed by atoms with Gasteiger partial charge in [-0.25, -0.2) is 8.78 Å². The Labute approximate surface area is 144 Å². The molecule has 0 saturated heterocycles. The van der Waals surface area contributed by atoms with Gasteiger partial charge in [0.2, 0.25) is 0 Å². The molecule has 0 aliphatic carbocycles. The van der Waals surface area contributed by atoms with Crippen LogP contribution in [0.4, 0.5) is 8.78 Å². The summed E-state index contributed by atoms with van der Waals surface area (Å²) in [5.74, 6) is -0.228. The van der Waals surface area contributed by atoms with Crippen LogP contribution in [0.2, 0.25) is 0 Å². The van der Waals surface area contributed by atoms with Crippen LogP contribution in [-0.4, -0.2) is 18.2 Å². The van der Waals surface area contributed by atoms with Gasteiger partial charge in [0.05, 0.1) is 12.4 Å². The van der Waals surface area contributed by atoms with Crippen LogP contribution in [0.3, 0.4) is 0 Å². The molecule has 3 heterocycles. The number of halogens is 2. The molecule has 3 N–H and O–H groups in total. The lowest BCUT2D eigenvalue weighted by Crippen LogP contribution is -2.27. The van der Waals surface area contributed by atoms with Crippen LogP contribution in [0.15, 0.2) is 65.9 Å². The molecule has 0 spiro atoms. The number of dihydropyridines is 1. The minimum Gasteiger partial charge on any atom is -0.366 e. The van der Waals surface area contributed by atoms with Gasteiger partial charge in [0.25, 0.3) is 0 Å². The van der Waals surface area contributed by atoms with Gasteiger partial charge in [-0.1, -0.05) is 12.1 Å². The summed E-state index contributed by atoms with van der Waals surface area (Å²) < 4.78 is 28.9. The lowest BCUT2D eigenvalue weighted by molar-refractivity contribution is 0.581. The minimum atomic E-state index is -0.591. The Morgan fingerprint density at radius 3 is 2.80 bits per heavy atom. The van der Waals surface area contributed by atoms with E-state index < -0.39 is 11.6 Å². The van der Waals surface area contributed by atoms with Gasteiger partial charge in [-0.2, -0.15) is 0 Å². The van der Waals surface area contributed by atoms with E-state index in [2.05, 4.69) is 20.9 Å². The van der Waals surface area contributed by atoms with E-state index in [4.69, 9.17) is 0 Å². The van der Waals surface area contributed by atoms with Crippen LogP contribution in [-0.2, 0) is 0 Å². The number of nitrogens with one attached hydrogen (secondary N) is 3. The SMILES string of the molecule is Fc1ccc(-c2cccnc2)c(F)c1C=CC1=CC2=C(NCN2)NC1. The summed E-state index contributed by atoms with van der Waals surface area (Å²) in [6, 6.07) is 6.19. The van der Waals surface area contributed by atoms with Crippen molar-refractivity contribution in [1.29, 1.82) is 0 Å². The number of hydrogen-bond donors (Lipinski definition) is 3. The van der Waals surface area contributed by atoms with Crippen LogP contribution >= 0.6 is 0 Å². The summed E-state index contributed by atoms with van der Waals surface area (Å²) in [6.07, 6.45) is 8.34. The molecule has 4 nitrogen and oxygen atoms in total. The first-order valence-electron chi connectivity index (χ1n) is 7.95. The predicted molar refractivity (Wildman–Crippen MR) is 92.9 cm³/mol. The van der Waals surface area contributed by atoms with Crippen molar-refractivity contribution in [3.63, 3.8) is 0 Å². The molecule has 2 aromatic rings. The van der Waals surface area contributed by atoms with Crippen molar-refractivity contribution in [3.05, 3.63) is 83.1 Å². The highest BCUT2D eigenvalue weighted by molar-refractivity contribution is 5.69. The number of aromatic nitrogens is 1. The Morgan fingerprint density at radius 1 is 1.04 bits per heavy atom. The topological polar surface area (TPSA) is 49.0 Å². The lowest BCUT2D eigenvalue weighted by atomic mass is 10.0. The smallest absolute Gasteiger partial charge is 0.141 e. The highest BCUT2D eigenvalue weighted by Crippen LogP contribution is 2.27. The third-order valence-corrected chi connectivity index (χ3v) is 4.18. The standard InChI is InChI=1S/C19H16F2N4/c20-16-6-5-14(13-2-1-7-22-10-13)18(21)15(16)4-3-12-8-17-19(23-9-12)25-11-24-17/h1-8,10,23-25H,9,11H2. The van der Waals surface area contributed by atoms with Crippen LogP contribution in [0, 0.1) is 11.6 Å². The average Bonchev–Trinajstić information content (AvgIpc) is 3.10. The Bertz CT molecular complexity index is 901. The van der Waals surface area contributed by atoms with Gasteiger partial charge < -0.3 is 16.0 Å². The maximum Gasteiger partial charge on any atom is 0.141 e. The van der Waals surface area contributed by atoms with E-state index in [1.807, 2.05) is 6.08 Å². The molecule has 0 fully saturated rings. The van der Waals surface area contributed by atoms with Crippen LogP contribution in [0.5, 0.6) is 0 Å². The van der Waals surface area contributed by atoms with Crippen LogP contribution < -0.4 is 16.0 Å². The molecule has 0 unspecified atom stereocenters. The summed E-state index contributed by atoms with van der Waals surface area (Å²) in [5.41, 5.74) is 2.77. The Morgan fingerprint density at radius 2 is 1.96 bits per heavy atom. The number of nitrogens with zero attached hydrogens (tertiary/aromatic N) is 1. The van der Waals surface area contributed by atoms with Gasteiger partial charge >= 0.3 is 0 Å². The van der Waals surface area contributed by atoms with Gasteiger partial charge in [-0.15, -0.1) is 0 Å². The monoisotopic (exact) mass is 338 g/mol. The molecule has 6 heteroatoms. The van der Waals surface area contributed by atoms with E-state index in [1.54, 1.807) is 30.6 Å². The molecule has 1 aromatic heterocycles. The fourth-order valence-electron chi connectivity index (χ4n) is 2.88. The molecule has 0 bridgehead atoms. The molecule has 0 atom stereocenters. The molecule has 0 amide bonds. The van der Waals surface area contributed by atoms with Crippen molar-refractivity contribution in [2.75, 3.05) is 13.2 Å². The molecular weight excluding hydrogens is 322 g/mol. The fourth-order valence-corrected chi connectivity index (χ4v) is 2.88. The van der Waals surface area contributed by atoms with E-state index in [0.717, 1.165) is 17.1 Å². The number of allylic oxidation sites excluding steroid dienone is 1. The molecule has 2 aliphatic rings. The molecule has 126 valence electrons. The quantitative estimate of drug-likeness (QED) is 0.805. The molecule has 2 aliphatic heterocycles. The van der Waals surface area contributed by atoms with Gasteiger partial charge in [-0.05, 0) is 35.9 Å². The van der Waals surface area contributed by atoms with Crippen LogP contribution in [0.1, 0.15) is 5.56 Å². The van der Waals surface area contributed by atoms with Crippen molar-refractivity contribution in [2.24, 2.45) is 0 Å². The first kappa shape index (κ1) is 15.4. The van der Waals surface area contributed by atoms with Gasteiger partial charge in [0.1, 0.15) is 17.5 Å². The average molecular weight is 338 g/mol. The Balaban J connectivity index is 1.67. The summed E-state index contributed by atoms with van der Waals surface area (Å²) >= 11 is 0. The number of rotatable bonds is 3. The molecule has 0 radical (unpaired) electrons. The predicted octanol–water partition coefficient (Wildman–Crippen LogP) is 2.89. The second kappa shape index (κ2) is 6.39. The molecule has 1 aromatic carbocycles. The van der Waals surface area contributed by atoms with Crippen molar-refractivity contribution in [3.8, 4) is 11.1 Å². The lowest BCUT2D eigenvalue weighted by Gasteiger charge is -2.14. The Hall–Kier alpha value is -3.15. The van der Waals surface area contributed by atoms with Crippen LogP contribution in [0.25, 0.3) is 17.2 Å².